The summed E-state index contributed by atoms with van der Waals surface area (Å²) in [6.45, 7) is 3.08. The average molecular weight is 431 g/mol. The number of hydrogen-bond acceptors (Lipinski definition) is 6. The third-order valence-corrected chi connectivity index (χ3v) is 5.30. The Morgan fingerprint density at radius 1 is 1.16 bits per heavy atom. The van der Waals surface area contributed by atoms with E-state index in [1.807, 2.05) is 42.5 Å². The number of aryl methyl sites for hydroxylation is 1. The largest absolute Gasteiger partial charge is 0.462 e. The predicted molar refractivity (Wildman–Crippen MR) is 122 cm³/mol. The van der Waals surface area contributed by atoms with Crippen LogP contribution in [0.15, 0.2) is 65.7 Å². The summed E-state index contributed by atoms with van der Waals surface area (Å²) in [5.41, 5.74) is 3.26. The molecular weight excluding hydrogens is 406 g/mol. The Labute approximate surface area is 185 Å². The molecule has 4 aromatic rings. The number of fused-ring (bicyclic) bond motifs is 1. The van der Waals surface area contributed by atoms with E-state index in [0.29, 0.717) is 30.0 Å². The Hall–Kier alpha value is -3.78. The zero-order valence-electron chi connectivity index (χ0n) is 18.1. The molecule has 0 spiro atoms. The molecule has 4 rings (SSSR count). The first kappa shape index (κ1) is 21.5. The predicted octanol–water partition coefficient (Wildman–Crippen LogP) is 2.63. The van der Waals surface area contributed by atoms with Crippen LogP contribution in [-0.2, 0) is 24.8 Å². The second-order valence-corrected chi connectivity index (χ2v) is 7.33. The van der Waals surface area contributed by atoms with Crippen molar-refractivity contribution in [2.75, 3.05) is 13.2 Å². The van der Waals surface area contributed by atoms with Gasteiger partial charge in [-0.25, -0.2) is 9.48 Å². The fourth-order valence-electron chi connectivity index (χ4n) is 3.67. The molecule has 3 aromatic heterocycles. The maximum absolute atomic E-state index is 12.6. The van der Waals surface area contributed by atoms with Crippen molar-refractivity contribution in [1.82, 2.24) is 24.6 Å². The van der Waals surface area contributed by atoms with E-state index in [4.69, 9.17) is 4.74 Å². The maximum Gasteiger partial charge on any atom is 0.341 e. The molecule has 1 aromatic carbocycles. The van der Waals surface area contributed by atoms with Crippen LogP contribution in [0, 0.1) is 0 Å². The van der Waals surface area contributed by atoms with E-state index >= 15 is 0 Å². The lowest BCUT2D eigenvalue weighted by Gasteiger charge is -2.14. The van der Waals surface area contributed by atoms with Crippen LogP contribution >= 0.6 is 0 Å². The number of carbonyl (C=O) groups is 1. The summed E-state index contributed by atoms with van der Waals surface area (Å²) in [5, 5.41) is 8.69. The Kier molecular flexibility index (Phi) is 6.42. The normalized spacial score (nSPS) is 11.1. The zero-order valence-corrected chi connectivity index (χ0v) is 18.1. The van der Waals surface area contributed by atoms with Crippen molar-refractivity contribution >= 4 is 16.9 Å². The quantitative estimate of drug-likeness (QED) is 0.341. The standard InChI is InChI=1S/C24H25N5O3/c1-3-32-24(31)19-15-27-29(22(19)16-25-13-11-17-8-6-7-12-26-17)21-14-23(30)28(2)20-10-5-4-9-18(20)21/h4-10,12,14-15,25H,3,11,13,16H2,1-2H3. The molecule has 0 saturated carbocycles. The van der Waals surface area contributed by atoms with E-state index < -0.39 is 5.97 Å². The van der Waals surface area contributed by atoms with Crippen LogP contribution < -0.4 is 10.9 Å². The van der Waals surface area contributed by atoms with Gasteiger partial charge in [0, 0.05) is 49.9 Å². The highest BCUT2D eigenvalue weighted by Gasteiger charge is 2.21. The van der Waals surface area contributed by atoms with Crippen molar-refractivity contribution < 1.29 is 9.53 Å². The molecule has 0 unspecified atom stereocenters. The number of carbonyl (C=O) groups excluding carboxylic acids is 1. The fraction of sp³-hybridized carbons (Fsp3) is 0.250. The number of nitrogens with one attached hydrogen (secondary N) is 1. The fourth-order valence-corrected chi connectivity index (χ4v) is 3.67. The lowest BCUT2D eigenvalue weighted by atomic mass is 10.1. The van der Waals surface area contributed by atoms with Crippen LogP contribution in [0.4, 0.5) is 0 Å². The van der Waals surface area contributed by atoms with Gasteiger partial charge in [-0.05, 0) is 25.1 Å². The molecule has 0 aliphatic rings. The van der Waals surface area contributed by atoms with E-state index in [0.717, 1.165) is 23.0 Å². The first-order chi connectivity index (χ1) is 15.6. The molecule has 0 aliphatic carbocycles. The summed E-state index contributed by atoms with van der Waals surface area (Å²) < 4.78 is 8.48. The van der Waals surface area contributed by atoms with Crippen molar-refractivity contribution in [3.05, 3.63) is 88.2 Å². The second-order valence-electron chi connectivity index (χ2n) is 7.33. The van der Waals surface area contributed by atoms with Gasteiger partial charge < -0.3 is 14.6 Å². The summed E-state index contributed by atoms with van der Waals surface area (Å²) >= 11 is 0. The summed E-state index contributed by atoms with van der Waals surface area (Å²) in [6.07, 6.45) is 4.02. The van der Waals surface area contributed by atoms with Crippen LogP contribution in [0.5, 0.6) is 0 Å². The molecule has 0 amide bonds. The molecule has 0 saturated heterocycles. The third-order valence-electron chi connectivity index (χ3n) is 5.30. The molecule has 0 fully saturated rings. The average Bonchev–Trinajstić information content (AvgIpc) is 3.24. The van der Waals surface area contributed by atoms with Crippen molar-refractivity contribution in [3.8, 4) is 5.69 Å². The Morgan fingerprint density at radius 3 is 2.75 bits per heavy atom. The third kappa shape index (κ3) is 4.31. The molecule has 3 heterocycles. The number of rotatable bonds is 8. The van der Waals surface area contributed by atoms with E-state index in [1.165, 1.54) is 6.20 Å². The molecule has 164 valence electrons. The molecule has 8 heteroatoms. The Morgan fingerprint density at radius 2 is 1.97 bits per heavy atom. The van der Waals surface area contributed by atoms with Crippen LogP contribution in [0.1, 0.15) is 28.7 Å². The van der Waals surface area contributed by atoms with E-state index in [9.17, 15) is 9.59 Å². The molecule has 0 atom stereocenters. The molecule has 0 aliphatic heterocycles. The van der Waals surface area contributed by atoms with Gasteiger partial charge in [0.1, 0.15) is 5.56 Å². The molecule has 8 nitrogen and oxygen atoms in total. The summed E-state index contributed by atoms with van der Waals surface area (Å²) in [7, 11) is 1.74. The highest BCUT2D eigenvalue weighted by atomic mass is 16.5. The maximum atomic E-state index is 12.6. The number of esters is 1. The minimum atomic E-state index is -0.437. The molecule has 1 N–H and O–H groups in total. The lowest BCUT2D eigenvalue weighted by molar-refractivity contribution is 0.0525. The number of nitrogens with zero attached hydrogens (tertiary/aromatic N) is 4. The van der Waals surface area contributed by atoms with Gasteiger partial charge in [-0.3, -0.25) is 9.78 Å². The molecular formula is C24H25N5O3. The SMILES string of the molecule is CCOC(=O)c1cnn(-c2cc(=O)n(C)c3ccccc23)c1CNCCc1ccccn1. The number of para-hydroxylation sites is 1. The van der Waals surface area contributed by atoms with E-state index in [-0.39, 0.29) is 12.2 Å². The summed E-state index contributed by atoms with van der Waals surface area (Å²) in [4.78, 5) is 29.5. The van der Waals surface area contributed by atoms with Crippen molar-refractivity contribution in [3.63, 3.8) is 0 Å². The number of benzene rings is 1. The van der Waals surface area contributed by atoms with Crippen LogP contribution in [0.3, 0.4) is 0 Å². The highest BCUT2D eigenvalue weighted by Crippen LogP contribution is 2.23. The molecule has 0 radical (unpaired) electrons. The van der Waals surface area contributed by atoms with Crippen molar-refractivity contribution in [2.24, 2.45) is 7.05 Å². The smallest absolute Gasteiger partial charge is 0.341 e. The van der Waals surface area contributed by atoms with Gasteiger partial charge in [0.25, 0.3) is 5.56 Å². The van der Waals surface area contributed by atoms with Gasteiger partial charge in [0.05, 0.1) is 29.7 Å². The highest BCUT2D eigenvalue weighted by molar-refractivity contribution is 5.92. The van der Waals surface area contributed by atoms with Gasteiger partial charge in [-0.1, -0.05) is 24.3 Å². The minimum Gasteiger partial charge on any atom is -0.462 e. The van der Waals surface area contributed by atoms with Crippen LogP contribution in [0.25, 0.3) is 16.6 Å². The van der Waals surface area contributed by atoms with E-state index in [1.54, 1.807) is 35.5 Å². The van der Waals surface area contributed by atoms with Gasteiger partial charge in [-0.15, -0.1) is 0 Å². The Balaban J connectivity index is 1.70. The molecule has 0 bridgehead atoms. The zero-order chi connectivity index (χ0) is 22.5. The molecule has 32 heavy (non-hydrogen) atoms. The van der Waals surface area contributed by atoms with Crippen LogP contribution in [0.2, 0.25) is 0 Å². The first-order valence-corrected chi connectivity index (χ1v) is 10.5. The second kappa shape index (κ2) is 9.57. The van der Waals surface area contributed by atoms with Gasteiger partial charge in [0.15, 0.2) is 0 Å². The number of ether oxygens (including phenoxy) is 1. The van der Waals surface area contributed by atoms with Gasteiger partial charge in [0.2, 0.25) is 0 Å². The number of aromatic nitrogens is 4. The van der Waals surface area contributed by atoms with Crippen molar-refractivity contribution in [1.29, 1.82) is 0 Å². The minimum absolute atomic E-state index is 0.152. The topological polar surface area (TPSA) is 91.0 Å². The van der Waals surface area contributed by atoms with Gasteiger partial charge >= 0.3 is 5.97 Å². The first-order valence-electron chi connectivity index (χ1n) is 10.5. The number of hydrogen-bond donors (Lipinski definition) is 1. The monoisotopic (exact) mass is 431 g/mol. The lowest BCUT2D eigenvalue weighted by Crippen LogP contribution is -2.23. The van der Waals surface area contributed by atoms with Gasteiger partial charge in [-0.2, -0.15) is 5.10 Å². The van der Waals surface area contributed by atoms with Crippen LogP contribution in [-0.4, -0.2) is 38.5 Å². The summed E-state index contributed by atoms with van der Waals surface area (Å²) in [5.74, 6) is -0.437. The Bertz CT molecular complexity index is 1290. The number of pyridine rings is 2. The van der Waals surface area contributed by atoms with Crippen molar-refractivity contribution in [2.45, 2.75) is 19.9 Å². The summed E-state index contributed by atoms with van der Waals surface area (Å²) in [6, 6.07) is 15.0. The van der Waals surface area contributed by atoms with E-state index in [2.05, 4.69) is 15.4 Å².